The Morgan fingerprint density at radius 2 is 1.70 bits per heavy atom. The van der Waals surface area contributed by atoms with Crippen molar-refractivity contribution in [1.82, 2.24) is 15.1 Å². The van der Waals surface area contributed by atoms with E-state index < -0.39 is 18.5 Å². The number of anilines is 1. The first kappa shape index (κ1) is 23.6. The number of para-hydroxylation sites is 1. The van der Waals surface area contributed by atoms with E-state index in [2.05, 4.69) is 15.7 Å². The van der Waals surface area contributed by atoms with Crippen molar-refractivity contribution in [2.75, 3.05) is 18.5 Å². The van der Waals surface area contributed by atoms with Gasteiger partial charge in [0.2, 0.25) is 0 Å². The Balaban J connectivity index is 1.72. The molecule has 9 nitrogen and oxygen atoms in total. The van der Waals surface area contributed by atoms with Gasteiger partial charge in [0, 0.05) is 18.5 Å². The summed E-state index contributed by atoms with van der Waals surface area (Å²) in [5.41, 5.74) is 0.256. The van der Waals surface area contributed by atoms with Crippen LogP contribution in [0.2, 0.25) is 0 Å². The number of ether oxygens (including phenoxy) is 1. The molecule has 2 N–H and O–H groups in total. The number of rotatable bonds is 8. The molecule has 172 valence electrons. The topological polar surface area (TPSA) is 119 Å². The number of nitrogens with zero attached hydrogens (tertiary/aromatic N) is 2. The summed E-state index contributed by atoms with van der Waals surface area (Å²) in [4.78, 5) is 50.0. The fourth-order valence-corrected chi connectivity index (χ4v) is 3.17. The van der Waals surface area contributed by atoms with Crippen LogP contribution < -0.4 is 16.2 Å². The normalized spacial score (nSPS) is 10.8. The van der Waals surface area contributed by atoms with Gasteiger partial charge in [-0.15, -0.1) is 0 Å². The van der Waals surface area contributed by atoms with Crippen molar-refractivity contribution in [3.05, 3.63) is 70.1 Å². The number of hydrogen-bond acceptors (Lipinski definition) is 6. The van der Waals surface area contributed by atoms with E-state index in [1.165, 1.54) is 4.68 Å². The van der Waals surface area contributed by atoms with Crippen LogP contribution in [-0.4, -0.2) is 40.7 Å². The third-order valence-corrected chi connectivity index (χ3v) is 4.81. The van der Waals surface area contributed by atoms with Crippen molar-refractivity contribution in [2.45, 2.75) is 27.3 Å². The van der Waals surface area contributed by atoms with Crippen LogP contribution >= 0.6 is 0 Å². The van der Waals surface area contributed by atoms with Crippen LogP contribution in [0.3, 0.4) is 0 Å². The van der Waals surface area contributed by atoms with Crippen LogP contribution in [0.15, 0.2) is 53.3 Å². The maximum absolute atomic E-state index is 12.7. The molecule has 3 rings (SSSR count). The molecule has 0 fully saturated rings. The second-order valence-corrected chi connectivity index (χ2v) is 7.79. The lowest BCUT2D eigenvalue weighted by molar-refractivity contribution is -0.119. The first-order valence-electron chi connectivity index (χ1n) is 10.7. The third-order valence-electron chi connectivity index (χ3n) is 4.81. The SMILES string of the molecule is CCn1nc(C(=O)OCC(=O)Nc2ccccc2C(=O)NCC(C)C)c2ccccc2c1=O. The molecule has 0 atom stereocenters. The number of aryl methyl sites for hydroxylation is 1. The molecular weight excluding hydrogens is 424 g/mol. The van der Waals surface area contributed by atoms with Crippen molar-refractivity contribution in [1.29, 1.82) is 0 Å². The minimum atomic E-state index is -0.827. The summed E-state index contributed by atoms with van der Waals surface area (Å²) in [7, 11) is 0. The number of benzene rings is 2. The van der Waals surface area contributed by atoms with Gasteiger partial charge in [0.1, 0.15) is 0 Å². The fraction of sp³-hybridized carbons (Fsp3) is 0.292. The Kier molecular flexibility index (Phi) is 7.55. The average molecular weight is 450 g/mol. The Hall–Kier alpha value is -4.01. The van der Waals surface area contributed by atoms with Gasteiger partial charge in [0.25, 0.3) is 17.4 Å². The maximum atomic E-state index is 12.7. The second-order valence-electron chi connectivity index (χ2n) is 7.79. The Labute approximate surface area is 190 Å². The summed E-state index contributed by atoms with van der Waals surface area (Å²) in [6, 6.07) is 13.2. The largest absolute Gasteiger partial charge is 0.451 e. The minimum Gasteiger partial charge on any atom is -0.451 e. The molecule has 2 amide bonds. The van der Waals surface area contributed by atoms with Crippen LogP contribution in [0.4, 0.5) is 5.69 Å². The number of aromatic nitrogens is 2. The molecular formula is C24H26N4O5. The number of hydrogen-bond donors (Lipinski definition) is 2. The number of esters is 1. The van der Waals surface area contributed by atoms with E-state index in [-0.39, 0.29) is 29.6 Å². The lowest BCUT2D eigenvalue weighted by Crippen LogP contribution is -2.29. The molecule has 9 heteroatoms. The zero-order valence-corrected chi connectivity index (χ0v) is 18.8. The third kappa shape index (κ3) is 5.62. The van der Waals surface area contributed by atoms with Gasteiger partial charge >= 0.3 is 5.97 Å². The summed E-state index contributed by atoms with van der Waals surface area (Å²) in [6.45, 7) is 5.89. The molecule has 2 aromatic carbocycles. The van der Waals surface area contributed by atoms with Crippen LogP contribution in [0.25, 0.3) is 10.8 Å². The molecule has 0 saturated carbocycles. The number of fused-ring (bicyclic) bond motifs is 1. The Morgan fingerprint density at radius 3 is 2.39 bits per heavy atom. The standard InChI is InChI=1S/C24H26N4O5/c1-4-28-23(31)17-10-6-5-9-16(17)21(27-28)24(32)33-14-20(29)26-19-12-8-7-11-18(19)22(30)25-13-15(2)3/h5-12,15H,4,13-14H2,1-3H3,(H,25,30)(H,26,29). The molecule has 0 unspecified atom stereocenters. The molecule has 0 saturated heterocycles. The van der Waals surface area contributed by atoms with Gasteiger partial charge in [-0.2, -0.15) is 5.10 Å². The highest BCUT2D eigenvalue weighted by Gasteiger charge is 2.19. The van der Waals surface area contributed by atoms with Gasteiger partial charge < -0.3 is 15.4 Å². The minimum absolute atomic E-state index is 0.0479. The van der Waals surface area contributed by atoms with Crippen molar-refractivity contribution in [2.24, 2.45) is 5.92 Å². The lowest BCUT2D eigenvalue weighted by Gasteiger charge is -2.13. The average Bonchev–Trinajstić information content (AvgIpc) is 2.81. The zero-order chi connectivity index (χ0) is 24.0. The second kappa shape index (κ2) is 10.5. The molecule has 3 aromatic rings. The van der Waals surface area contributed by atoms with E-state index in [4.69, 9.17) is 4.74 Å². The molecule has 0 bridgehead atoms. The predicted molar refractivity (Wildman–Crippen MR) is 124 cm³/mol. The first-order chi connectivity index (χ1) is 15.8. The van der Waals surface area contributed by atoms with Crippen LogP contribution in [0.5, 0.6) is 0 Å². The van der Waals surface area contributed by atoms with Gasteiger partial charge in [-0.05, 0) is 31.0 Å². The van der Waals surface area contributed by atoms with E-state index in [0.29, 0.717) is 28.6 Å². The van der Waals surface area contributed by atoms with Crippen LogP contribution in [0.1, 0.15) is 41.6 Å². The maximum Gasteiger partial charge on any atom is 0.359 e. The van der Waals surface area contributed by atoms with Gasteiger partial charge in [0.05, 0.1) is 16.6 Å². The van der Waals surface area contributed by atoms with Crippen molar-refractivity contribution < 1.29 is 19.1 Å². The molecule has 33 heavy (non-hydrogen) atoms. The molecule has 0 aliphatic heterocycles. The zero-order valence-electron chi connectivity index (χ0n) is 18.8. The summed E-state index contributed by atoms with van der Waals surface area (Å²) < 4.78 is 6.33. The summed E-state index contributed by atoms with van der Waals surface area (Å²) in [5.74, 6) is -1.47. The van der Waals surface area contributed by atoms with Crippen molar-refractivity contribution in [3.63, 3.8) is 0 Å². The molecule has 0 spiro atoms. The monoisotopic (exact) mass is 450 g/mol. The predicted octanol–water partition coefficient (Wildman–Crippen LogP) is 2.60. The Bertz CT molecular complexity index is 1250. The number of amides is 2. The van der Waals surface area contributed by atoms with E-state index in [0.717, 1.165) is 0 Å². The smallest absolute Gasteiger partial charge is 0.359 e. The molecule has 1 aromatic heterocycles. The highest BCUT2D eigenvalue weighted by Crippen LogP contribution is 2.16. The lowest BCUT2D eigenvalue weighted by atomic mass is 10.1. The summed E-state index contributed by atoms with van der Waals surface area (Å²) in [6.07, 6.45) is 0. The van der Waals surface area contributed by atoms with E-state index in [9.17, 15) is 19.2 Å². The molecule has 0 aliphatic rings. The van der Waals surface area contributed by atoms with E-state index >= 15 is 0 Å². The van der Waals surface area contributed by atoms with Gasteiger partial charge in [-0.3, -0.25) is 14.4 Å². The van der Waals surface area contributed by atoms with E-state index in [1.807, 2.05) is 13.8 Å². The highest BCUT2D eigenvalue weighted by atomic mass is 16.5. The quantitative estimate of drug-likeness (QED) is 0.509. The van der Waals surface area contributed by atoms with Gasteiger partial charge in [-0.1, -0.05) is 44.2 Å². The molecule has 1 heterocycles. The fourth-order valence-electron chi connectivity index (χ4n) is 3.17. The number of carbonyl (C=O) groups excluding carboxylic acids is 3. The van der Waals surface area contributed by atoms with Crippen LogP contribution in [0, 0.1) is 5.92 Å². The number of nitrogens with one attached hydrogen (secondary N) is 2. The van der Waals surface area contributed by atoms with E-state index in [1.54, 1.807) is 55.5 Å². The highest BCUT2D eigenvalue weighted by molar-refractivity contribution is 6.05. The summed E-state index contributed by atoms with van der Waals surface area (Å²) >= 11 is 0. The van der Waals surface area contributed by atoms with Crippen molar-refractivity contribution in [3.8, 4) is 0 Å². The number of carbonyl (C=O) groups is 3. The van der Waals surface area contributed by atoms with Gasteiger partial charge in [-0.25, -0.2) is 9.48 Å². The first-order valence-corrected chi connectivity index (χ1v) is 10.7. The molecule has 0 aliphatic carbocycles. The Morgan fingerprint density at radius 1 is 1.03 bits per heavy atom. The van der Waals surface area contributed by atoms with Crippen LogP contribution in [-0.2, 0) is 16.1 Å². The van der Waals surface area contributed by atoms with Gasteiger partial charge in [0.15, 0.2) is 12.3 Å². The summed E-state index contributed by atoms with van der Waals surface area (Å²) in [5, 5.41) is 10.2. The van der Waals surface area contributed by atoms with Crippen molar-refractivity contribution >= 4 is 34.2 Å². The molecule has 0 radical (unpaired) electrons.